The Morgan fingerprint density at radius 1 is 1.48 bits per heavy atom. The predicted molar refractivity (Wildman–Crippen MR) is 94.9 cm³/mol. The molecule has 0 saturated carbocycles. The van der Waals surface area contributed by atoms with Gasteiger partial charge >= 0.3 is 0 Å². The third kappa shape index (κ3) is 3.80. The molecule has 0 atom stereocenters. The topological polar surface area (TPSA) is 86.4 Å². The highest BCUT2D eigenvalue weighted by Gasteiger charge is 2.18. The van der Waals surface area contributed by atoms with Gasteiger partial charge in [0, 0.05) is 20.2 Å². The lowest BCUT2D eigenvalue weighted by Gasteiger charge is -2.05. The van der Waals surface area contributed by atoms with Crippen molar-refractivity contribution in [2.75, 3.05) is 13.2 Å². The van der Waals surface area contributed by atoms with Crippen LogP contribution < -0.4 is 10.9 Å². The standard InChI is InChI=1S/C17H19N3O4S/c1-11-13-16(19-10-20(2)17(13)22)25-14(11)15(21)18-6-4-7-23-9-12-5-3-8-24-12/h3,5,8,10H,4,6-7,9H2,1-2H3,(H,18,21). The number of hydrogen-bond acceptors (Lipinski definition) is 6. The highest BCUT2D eigenvalue weighted by atomic mass is 32.1. The molecule has 0 fully saturated rings. The van der Waals surface area contributed by atoms with Crippen molar-refractivity contribution in [3.05, 3.63) is 51.3 Å². The van der Waals surface area contributed by atoms with E-state index in [0.717, 1.165) is 5.76 Å². The molecule has 7 nitrogen and oxygen atoms in total. The summed E-state index contributed by atoms with van der Waals surface area (Å²) in [5.41, 5.74) is 0.546. The van der Waals surface area contributed by atoms with Gasteiger partial charge < -0.3 is 19.0 Å². The van der Waals surface area contributed by atoms with E-state index in [1.807, 2.05) is 12.1 Å². The second-order valence-electron chi connectivity index (χ2n) is 5.64. The third-order valence-corrected chi connectivity index (χ3v) is 4.99. The number of carbonyl (C=O) groups excluding carboxylic acids is 1. The number of amides is 1. The van der Waals surface area contributed by atoms with Gasteiger partial charge in [0.15, 0.2) is 0 Å². The molecule has 0 saturated heterocycles. The van der Waals surface area contributed by atoms with Gasteiger partial charge in [0.2, 0.25) is 0 Å². The summed E-state index contributed by atoms with van der Waals surface area (Å²) in [6.07, 6.45) is 3.77. The first-order valence-corrected chi connectivity index (χ1v) is 8.72. The van der Waals surface area contributed by atoms with E-state index in [0.29, 0.717) is 46.8 Å². The molecule has 0 radical (unpaired) electrons. The molecule has 3 aromatic rings. The number of ether oxygens (including phenoxy) is 1. The summed E-state index contributed by atoms with van der Waals surface area (Å²) < 4.78 is 12.1. The van der Waals surface area contributed by atoms with Gasteiger partial charge in [-0.1, -0.05) is 0 Å². The van der Waals surface area contributed by atoms with Gasteiger partial charge in [0.25, 0.3) is 11.5 Å². The first kappa shape index (κ1) is 17.4. The van der Waals surface area contributed by atoms with Crippen molar-refractivity contribution >= 4 is 27.5 Å². The van der Waals surface area contributed by atoms with Crippen LogP contribution in [0, 0.1) is 6.92 Å². The van der Waals surface area contributed by atoms with E-state index in [1.165, 1.54) is 22.2 Å². The van der Waals surface area contributed by atoms with Crippen LogP contribution in [0.15, 0.2) is 33.9 Å². The minimum atomic E-state index is -0.186. The van der Waals surface area contributed by atoms with Gasteiger partial charge in [0.1, 0.15) is 17.2 Å². The molecule has 1 N–H and O–H groups in total. The highest BCUT2D eigenvalue weighted by Crippen LogP contribution is 2.26. The van der Waals surface area contributed by atoms with E-state index in [2.05, 4.69) is 10.3 Å². The average Bonchev–Trinajstić information content (AvgIpc) is 3.22. The molecule has 3 aromatic heterocycles. The maximum absolute atomic E-state index is 12.4. The molecular formula is C17H19N3O4S. The summed E-state index contributed by atoms with van der Waals surface area (Å²) in [7, 11) is 1.65. The number of furan rings is 1. The van der Waals surface area contributed by atoms with Crippen LogP contribution in [0.25, 0.3) is 10.2 Å². The fourth-order valence-corrected chi connectivity index (χ4v) is 3.51. The number of aryl methyl sites for hydroxylation is 2. The van der Waals surface area contributed by atoms with Crippen LogP contribution in [0.1, 0.15) is 27.4 Å². The van der Waals surface area contributed by atoms with Crippen LogP contribution in [-0.2, 0) is 18.4 Å². The zero-order valence-corrected chi connectivity index (χ0v) is 14.9. The molecule has 8 heteroatoms. The third-order valence-electron chi connectivity index (χ3n) is 3.79. The molecular weight excluding hydrogens is 342 g/mol. The number of aromatic nitrogens is 2. The molecule has 3 heterocycles. The van der Waals surface area contributed by atoms with Gasteiger partial charge in [-0.25, -0.2) is 4.98 Å². The molecule has 3 rings (SSSR count). The number of carbonyl (C=O) groups is 1. The molecule has 0 unspecified atom stereocenters. The van der Waals surface area contributed by atoms with E-state index in [1.54, 1.807) is 20.2 Å². The molecule has 0 aromatic carbocycles. The molecule has 132 valence electrons. The summed E-state index contributed by atoms with van der Waals surface area (Å²) in [6.45, 7) is 3.22. The second kappa shape index (κ2) is 7.62. The average molecular weight is 361 g/mol. The number of nitrogens with one attached hydrogen (secondary N) is 1. The minimum Gasteiger partial charge on any atom is -0.467 e. The Hall–Kier alpha value is -2.45. The Balaban J connectivity index is 1.53. The summed E-state index contributed by atoms with van der Waals surface area (Å²) in [5, 5.41) is 3.38. The van der Waals surface area contributed by atoms with Crippen LogP contribution >= 0.6 is 11.3 Å². The smallest absolute Gasteiger partial charge is 0.262 e. The lowest BCUT2D eigenvalue weighted by molar-refractivity contribution is 0.0920. The van der Waals surface area contributed by atoms with Crippen molar-refractivity contribution in [3.8, 4) is 0 Å². The molecule has 1 amide bonds. The quantitative estimate of drug-likeness (QED) is 0.652. The van der Waals surface area contributed by atoms with Crippen molar-refractivity contribution < 1.29 is 13.9 Å². The number of thiophene rings is 1. The summed E-state index contributed by atoms with van der Waals surface area (Å²) in [4.78, 5) is 29.9. The zero-order chi connectivity index (χ0) is 17.8. The van der Waals surface area contributed by atoms with Crippen LogP contribution in [0.4, 0.5) is 0 Å². The molecule has 25 heavy (non-hydrogen) atoms. The Kier molecular flexibility index (Phi) is 5.30. The molecule has 0 aliphatic carbocycles. The summed E-state index contributed by atoms with van der Waals surface area (Å²) in [6, 6.07) is 3.67. The fourth-order valence-electron chi connectivity index (χ4n) is 2.45. The second-order valence-corrected chi connectivity index (χ2v) is 6.64. The maximum Gasteiger partial charge on any atom is 0.262 e. The fraction of sp³-hybridized carbons (Fsp3) is 0.353. The molecule has 0 spiro atoms. The Bertz CT molecular complexity index is 927. The van der Waals surface area contributed by atoms with Crippen LogP contribution in [0.3, 0.4) is 0 Å². The number of hydrogen-bond donors (Lipinski definition) is 1. The van der Waals surface area contributed by atoms with Crippen molar-refractivity contribution in [3.63, 3.8) is 0 Å². The van der Waals surface area contributed by atoms with E-state index in [4.69, 9.17) is 9.15 Å². The van der Waals surface area contributed by atoms with Crippen LogP contribution in [0.5, 0.6) is 0 Å². The largest absolute Gasteiger partial charge is 0.467 e. The minimum absolute atomic E-state index is 0.135. The van der Waals surface area contributed by atoms with Crippen LogP contribution in [0.2, 0.25) is 0 Å². The van der Waals surface area contributed by atoms with Gasteiger partial charge in [-0.3, -0.25) is 9.59 Å². The van der Waals surface area contributed by atoms with Gasteiger partial charge in [0.05, 0.1) is 22.9 Å². The lowest BCUT2D eigenvalue weighted by atomic mass is 10.2. The predicted octanol–water partition coefficient (Wildman–Crippen LogP) is 2.23. The normalized spacial score (nSPS) is 11.1. The number of fused-ring (bicyclic) bond motifs is 1. The van der Waals surface area contributed by atoms with Gasteiger partial charge in [-0.15, -0.1) is 11.3 Å². The molecule has 0 aliphatic heterocycles. The summed E-state index contributed by atoms with van der Waals surface area (Å²) >= 11 is 1.24. The van der Waals surface area contributed by atoms with Crippen LogP contribution in [-0.4, -0.2) is 28.6 Å². The highest BCUT2D eigenvalue weighted by molar-refractivity contribution is 7.20. The first-order valence-electron chi connectivity index (χ1n) is 7.91. The van der Waals surface area contributed by atoms with Crippen molar-refractivity contribution in [1.29, 1.82) is 0 Å². The van der Waals surface area contributed by atoms with Crippen molar-refractivity contribution in [2.24, 2.45) is 7.05 Å². The van der Waals surface area contributed by atoms with Crippen molar-refractivity contribution in [1.82, 2.24) is 14.9 Å². The van der Waals surface area contributed by atoms with E-state index in [-0.39, 0.29) is 11.5 Å². The lowest BCUT2D eigenvalue weighted by Crippen LogP contribution is -2.25. The Morgan fingerprint density at radius 3 is 3.08 bits per heavy atom. The van der Waals surface area contributed by atoms with E-state index in [9.17, 15) is 9.59 Å². The number of rotatable bonds is 7. The molecule has 0 aliphatic rings. The van der Waals surface area contributed by atoms with Gasteiger partial charge in [-0.2, -0.15) is 0 Å². The first-order chi connectivity index (χ1) is 12.1. The van der Waals surface area contributed by atoms with Crippen molar-refractivity contribution in [2.45, 2.75) is 20.0 Å². The monoisotopic (exact) mass is 361 g/mol. The van der Waals surface area contributed by atoms with E-state index >= 15 is 0 Å². The SMILES string of the molecule is Cc1c(C(=O)NCCCOCc2ccco2)sc2ncn(C)c(=O)c12. The summed E-state index contributed by atoms with van der Waals surface area (Å²) in [5.74, 6) is 0.590. The van der Waals surface area contributed by atoms with E-state index < -0.39 is 0 Å². The maximum atomic E-state index is 12.4. The molecule has 0 bridgehead atoms. The number of nitrogens with zero attached hydrogens (tertiary/aromatic N) is 2. The van der Waals surface area contributed by atoms with Gasteiger partial charge in [-0.05, 0) is 31.0 Å². The Morgan fingerprint density at radius 2 is 2.32 bits per heavy atom. The zero-order valence-electron chi connectivity index (χ0n) is 14.1. The Labute approximate surface area is 148 Å².